The molecule has 6 rings (SSSR count). The summed E-state index contributed by atoms with van der Waals surface area (Å²) in [4.78, 5) is 53.4. The molecular weight excluding hydrogens is 462 g/mol. The van der Waals surface area contributed by atoms with Crippen LogP contribution < -0.4 is 10.6 Å². The summed E-state index contributed by atoms with van der Waals surface area (Å²) in [5.74, 6) is -1.22. The van der Waals surface area contributed by atoms with Gasteiger partial charge in [0.2, 0.25) is 11.8 Å². The lowest BCUT2D eigenvalue weighted by molar-refractivity contribution is -0.136. The van der Waals surface area contributed by atoms with Crippen molar-refractivity contribution in [2.45, 2.75) is 57.2 Å². The maximum absolute atomic E-state index is 12.9. The number of nitrogens with one attached hydrogen (secondary N) is 2. The van der Waals surface area contributed by atoms with Crippen molar-refractivity contribution in [3.8, 4) is 5.69 Å². The van der Waals surface area contributed by atoms with E-state index in [9.17, 15) is 19.2 Å². The normalized spacial score (nSPS) is 27.8. The zero-order chi connectivity index (χ0) is 25.0. The first-order chi connectivity index (χ1) is 17.3. The molecule has 11 heteroatoms. The summed E-state index contributed by atoms with van der Waals surface area (Å²) in [7, 11) is 2.17. The summed E-state index contributed by atoms with van der Waals surface area (Å²) in [5.41, 5.74) is 2.36. The number of hydrogen-bond acceptors (Lipinski definition) is 7. The van der Waals surface area contributed by atoms with Gasteiger partial charge in [-0.15, -0.1) is 5.10 Å². The number of aromatic nitrogens is 3. The molecule has 11 nitrogen and oxygen atoms in total. The molecule has 0 spiro atoms. The second-order valence-electron chi connectivity index (χ2n) is 10.5. The molecule has 4 amide bonds. The van der Waals surface area contributed by atoms with E-state index in [0.717, 1.165) is 24.9 Å². The Balaban J connectivity index is 1.14. The number of amides is 4. The summed E-state index contributed by atoms with van der Waals surface area (Å²) in [6, 6.07) is 5.15. The molecule has 2 saturated heterocycles. The van der Waals surface area contributed by atoms with Gasteiger partial charge in [0.05, 0.1) is 11.9 Å². The summed E-state index contributed by atoms with van der Waals surface area (Å²) >= 11 is 0. The van der Waals surface area contributed by atoms with Gasteiger partial charge in [0, 0.05) is 36.5 Å². The van der Waals surface area contributed by atoms with Crippen LogP contribution >= 0.6 is 0 Å². The summed E-state index contributed by atoms with van der Waals surface area (Å²) in [6.45, 7) is 1.98. The van der Waals surface area contributed by atoms with E-state index in [-0.39, 0.29) is 41.8 Å². The van der Waals surface area contributed by atoms with Gasteiger partial charge in [-0.05, 0) is 63.0 Å². The minimum atomic E-state index is -0.661. The number of imide groups is 1. The molecule has 1 unspecified atom stereocenters. The Morgan fingerprint density at radius 3 is 2.92 bits per heavy atom. The van der Waals surface area contributed by atoms with E-state index in [1.165, 1.54) is 22.4 Å². The first-order valence-electron chi connectivity index (χ1n) is 12.5. The molecular formula is C25H29N7O4. The van der Waals surface area contributed by atoms with Crippen molar-refractivity contribution in [1.29, 1.82) is 0 Å². The van der Waals surface area contributed by atoms with Crippen molar-refractivity contribution in [3.63, 3.8) is 0 Å². The molecule has 0 radical (unpaired) electrons. The minimum absolute atomic E-state index is 0.154. The number of carbonyl (C=O) groups is 4. The third-order valence-corrected chi connectivity index (χ3v) is 8.45. The van der Waals surface area contributed by atoms with Crippen molar-refractivity contribution in [3.05, 3.63) is 41.2 Å². The number of benzene rings is 1. The van der Waals surface area contributed by atoms with Gasteiger partial charge in [0.1, 0.15) is 6.04 Å². The fraction of sp³-hybridized carbons (Fsp3) is 0.520. The fourth-order valence-corrected chi connectivity index (χ4v) is 6.49. The van der Waals surface area contributed by atoms with Crippen LogP contribution in [0, 0.1) is 5.41 Å². The lowest BCUT2D eigenvalue weighted by atomic mass is 9.82. The zero-order valence-corrected chi connectivity index (χ0v) is 20.2. The first-order valence-corrected chi connectivity index (χ1v) is 12.5. The molecule has 36 heavy (non-hydrogen) atoms. The molecule has 1 aromatic carbocycles. The lowest BCUT2D eigenvalue weighted by Gasteiger charge is -2.31. The highest BCUT2D eigenvalue weighted by Crippen LogP contribution is 2.47. The van der Waals surface area contributed by atoms with Gasteiger partial charge in [-0.3, -0.25) is 24.5 Å². The Bertz CT molecular complexity index is 1270. The zero-order valence-electron chi connectivity index (χ0n) is 20.2. The number of likely N-dealkylation sites (tertiary alicyclic amines) is 1. The van der Waals surface area contributed by atoms with E-state index < -0.39 is 11.9 Å². The van der Waals surface area contributed by atoms with Crippen LogP contribution in [0.25, 0.3) is 5.69 Å². The van der Waals surface area contributed by atoms with E-state index in [1.54, 1.807) is 18.3 Å². The van der Waals surface area contributed by atoms with Crippen LogP contribution in [0.2, 0.25) is 0 Å². The largest absolute Gasteiger partial charge is 0.350 e. The third-order valence-electron chi connectivity index (χ3n) is 8.45. The molecule has 4 heterocycles. The van der Waals surface area contributed by atoms with Gasteiger partial charge >= 0.3 is 0 Å². The average molecular weight is 492 g/mol. The Labute approximate surface area is 208 Å². The number of hydrogen-bond donors (Lipinski definition) is 2. The molecule has 0 bridgehead atoms. The van der Waals surface area contributed by atoms with Crippen molar-refractivity contribution < 1.29 is 19.2 Å². The van der Waals surface area contributed by atoms with Crippen molar-refractivity contribution in [1.82, 2.24) is 35.4 Å². The second-order valence-corrected chi connectivity index (χ2v) is 10.5. The summed E-state index contributed by atoms with van der Waals surface area (Å²) in [6.07, 6.45) is 6.74. The number of nitrogens with zero attached hydrogens (tertiary/aromatic N) is 5. The van der Waals surface area contributed by atoms with E-state index in [1.807, 2.05) is 6.07 Å². The van der Waals surface area contributed by atoms with Crippen molar-refractivity contribution >= 4 is 23.6 Å². The summed E-state index contributed by atoms with van der Waals surface area (Å²) < 4.78 is 1.52. The van der Waals surface area contributed by atoms with Crippen LogP contribution in [0.4, 0.5) is 0 Å². The molecule has 3 atom stereocenters. The monoisotopic (exact) mass is 491 g/mol. The van der Waals surface area contributed by atoms with Gasteiger partial charge < -0.3 is 15.1 Å². The second kappa shape index (κ2) is 8.51. The van der Waals surface area contributed by atoms with Crippen LogP contribution in [0.15, 0.2) is 24.4 Å². The standard InChI is InChI=1S/C25H29N7O4/c1-30-10-9-25(8-2-3-20(25)30)14-26-22(34)18-13-32(29-28-18)16-4-5-17-15(11-16)12-31(24(17)36)19-6-7-21(33)27-23(19)35/h4-5,11,13,19-20H,2-3,6-10,12,14H2,1H3,(H,26,34)(H,27,33,35)/t19?,20-,25-/m1/s1. The van der Waals surface area contributed by atoms with Gasteiger partial charge in [0.25, 0.3) is 11.8 Å². The number of piperidine rings is 1. The molecule has 2 aromatic rings. The van der Waals surface area contributed by atoms with E-state index in [2.05, 4.69) is 32.9 Å². The van der Waals surface area contributed by atoms with Crippen molar-refractivity contribution in [2.24, 2.45) is 5.41 Å². The predicted octanol–water partition coefficient (Wildman–Crippen LogP) is 0.633. The van der Waals surface area contributed by atoms with Crippen molar-refractivity contribution in [2.75, 3.05) is 20.1 Å². The van der Waals surface area contributed by atoms with Crippen LogP contribution in [-0.2, 0) is 16.1 Å². The Hall–Kier alpha value is -3.60. The SMILES string of the molecule is CN1CC[C@@]2(CNC(=O)c3cn(-c4ccc5c(c4)CN(C4CCC(=O)NC4=O)C5=O)nn3)CCC[C@@H]12. The highest BCUT2D eigenvalue weighted by molar-refractivity contribution is 6.05. The Morgan fingerprint density at radius 2 is 2.08 bits per heavy atom. The highest BCUT2D eigenvalue weighted by atomic mass is 16.2. The highest BCUT2D eigenvalue weighted by Gasteiger charge is 2.49. The van der Waals surface area contributed by atoms with Gasteiger partial charge in [-0.25, -0.2) is 4.68 Å². The summed E-state index contributed by atoms with van der Waals surface area (Å²) in [5, 5.41) is 13.6. The smallest absolute Gasteiger partial charge is 0.273 e. The maximum atomic E-state index is 12.9. The van der Waals surface area contributed by atoms with Gasteiger partial charge in [-0.1, -0.05) is 11.6 Å². The van der Waals surface area contributed by atoms with Crippen LogP contribution in [0.1, 0.15) is 64.9 Å². The van der Waals surface area contributed by atoms with Crippen LogP contribution in [0.5, 0.6) is 0 Å². The molecule has 3 aliphatic heterocycles. The minimum Gasteiger partial charge on any atom is -0.350 e. The third kappa shape index (κ3) is 3.69. The number of fused-ring (bicyclic) bond motifs is 2. The van der Waals surface area contributed by atoms with Crippen LogP contribution in [-0.4, -0.2) is 80.6 Å². The quantitative estimate of drug-likeness (QED) is 0.587. The fourth-order valence-electron chi connectivity index (χ4n) is 6.49. The Kier molecular flexibility index (Phi) is 5.40. The van der Waals surface area contributed by atoms with E-state index in [0.29, 0.717) is 30.3 Å². The molecule has 3 fully saturated rings. The molecule has 188 valence electrons. The van der Waals surface area contributed by atoms with Gasteiger partial charge in [0.15, 0.2) is 5.69 Å². The molecule has 1 aromatic heterocycles. The Morgan fingerprint density at radius 1 is 1.22 bits per heavy atom. The molecule has 1 saturated carbocycles. The number of carbonyl (C=O) groups excluding carboxylic acids is 4. The maximum Gasteiger partial charge on any atom is 0.273 e. The van der Waals surface area contributed by atoms with E-state index in [4.69, 9.17) is 0 Å². The molecule has 1 aliphatic carbocycles. The first kappa shape index (κ1) is 22.8. The number of rotatable bonds is 5. The van der Waals surface area contributed by atoms with Crippen LogP contribution in [0.3, 0.4) is 0 Å². The lowest BCUT2D eigenvalue weighted by Crippen LogP contribution is -2.52. The van der Waals surface area contributed by atoms with Gasteiger partial charge in [-0.2, -0.15) is 0 Å². The molecule has 2 N–H and O–H groups in total. The topological polar surface area (TPSA) is 130 Å². The predicted molar refractivity (Wildman–Crippen MR) is 127 cm³/mol. The average Bonchev–Trinajstić information content (AvgIpc) is 3.63. The molecule has 4 aliphatic rings. The van der Waals surface area contributed by atoms with E-state index >= 15 is 0 Å².